The molecule has 0 aromatic heterocycles. The number of nitrogens with zero attached hydrogens (tertiary/aromatic N) is 1. The van der Waals surface area contributed by atoms with Gasteiger partial charge in [0.2, 0.25) is 5.91 Å². The van der Waals surface area contributed by atoms with Gasteiger partial charge in [-0.2, -0.15) is 0 Å². The highest BCUT2D eigenvalue weighted by Gasteiger charge is 2.57. The highest BCUT2D eigenvalue weighted by Crippen LogP contribution is 2.52. The second-order valence-electron chi connectivity index (χ2n) is 10.7. The summed E-state index contributed by atoms with van der Waals surface area (Å²) in [5.74, 6) is 1.59. The van der Waals surface area contributed by atoms with E-state index in [9.17, 15) is 4.79 Å². The number of carbonyl (C=O) groups excluding carboxylic acids is 1. The Labute approximate surface area is 216 Å². The number of aryl methyl sites for hydroxylation is 1. The summed E-state index contributed by atoms with van der Waals surface area (Å²) < 4.78 is 11.7. The van der Waals surface area contributed by atoms with Crippen molar-refractivity contribution in [1.82, 2.24) is 5.32 Å². The Kier molecular flexibility index (Phi) is 7.97. The van der Waals surface area contributed by atoms with Crippen LogP contribution in [0.3, 0.4) is 0 Å². The predicted octanol–water partition coefficient (Wildman–Crippen LogP) is 6.77. The van der Waals surface area contributed by atoms with Crippen molar-refractivity contribution in [2.75, 3.05) is 25.2 Å². The summed E-state index contributed by atoms with van der Waals surface area (Å²) in [6.07, 6.45) is 12.2. The van der Waals surface area contributed by atoms with Gasteiger partial charge in [-0.05, 0) is 48.7 Å². The van der Waals surface area contributed by atoms with E-state index in [4.69, 9.17) is 9.47 Å². The topological polar surface area (TPSA) is 50.8 Å². The number of benzene rings is 2. The first kappa shape index (κ1) is 26.1. The molecule has 36 heavy (non-hydrogen) atoms. The minimum atomic E-state index is -0.626. The van der Waals surface area contributed by atoms with Crippen LogP contribution in [-0.2, 0) is 10.2 Å². The van der Waals surface area contributed by atoms with Gasteiger partial charge in [-0.15, -0.1) is 0 Å². The van der Waals surface area contributed by atoms with Crippen LogP contribution in [0.2, 0.25) is 0 Å². The molecule has 0 radical (unpaired) electrons. The van der Waals surface area contributed by atoms with Gasteiger partial charge in [0, 0.05) is 24.1 Å². The lowest BCUT2D eigenvalue weighted by atomic mass is 9.74. The number of fused-ring (bicyclic) bond motifs is 3. The number of methoxy groups -OCH3 is 1. The fourth-order valence-electron chi connectivity index (χ4n) is 5.66. The molecule has 0 unspecified atom stereocenters. The van der Waals surface area contributed by atoms with E-state index in [-0.39, 0.29) is 11.3 Å². The molecule has 1 amide bonds. The Morgan fingerprint density at radius 1 is 1.03 bits per heavy atom. The van der Waals surface area contributed by atoms with E-state index in [0.717, 1.165) is 23.5 Å². The molecular formula is C31H42N2O3. The number of nitrogens with one attached hydrogen (secondary N) is 1. The zero-order valence-corrected chi connectivity index (χ0v) is 22.7. The average Bonchev–Trinajstić information content (AvgIpc) is 3.05. The van der Waals surface area contributed by atoms with E-state index < -0.39 is 5.66 Å². The van der Waals surface area contributed by atoms with Crippen LogP contribution < -0.4 is 19.7 Å². The standard InChI is InChI=1S/C31H42N2O3/c1-6-7-8-9-10-11-20-36-27-15-13-24(22-28(27)35-5)16-18-31-30(3,4)25-21-23(2)12-14-26(25)33(31)19-17-29(34)32-31/h12-16,18,21-22H,6-11,17,19-20H2,1-5H3,(H,32,34)/b18-16+/t31-/m0/s1. The summed E-state index contributed by atoms with van der Waals surface area (Å²) in [4.78, 5) is 15.0. The van der Waals surface area contributed by atoms with Crippen molar-refractivity contribution in [3.8, 4) is 11.5 Å². The number of rotatable bonds is 11. The van der Waals surface area contributed by atoms with E-state index in [1.807, 2.05) is 12.1 Å². The van der Waals surface area contributed by atoms with Crippen LogP contribution >= 0.6 is 0 Å². The maximum absolute atomic E-state index is 12.7. The molecular weight excluding hydrogens is 448 g/mol. The minimum absolute atomic E-state index is 0.0875. The van der Waals surface area contributed by atoms with Crippen molar-refractivity contribution in [3.63, 3.8) is 0 Å². The fourth-order valence-corrected chi connectivity index (χ4v) is 5.66. The number of hydrogen-bond acceptors (Lipinski definition) is 4. The molecule has 2 aliphatic rings. The second kappa shape index (κ2) is 11.0. The van der Waals surface area contributed by atoms with E-state index >= 15 is 0 Å². The monoisotopic (exact) mass is 490 g/mol. The summed E-state index contributed by atoms with van der Waals surface area (Å²) in [5.41, 5.74) is 3.78. The van der Waals surface area contributed by atoms with Crippen LogP contribution in [0.25, 0.3) is 6.08 Å². The van der Waals surface area contributed by atoms with Crippen LogP contribution in [0.15, 0.2) is 42.5 Å². The maximum Gasteiger partial charge on any atom is 0.223 e. The summed E-state index contributed by atoms with van der Waals surface area (Å²) in [6.45, 7) is 10.2. The lowest BCUT2D eigenvalue weighted by Gasteiger charge is -2.49. The smallest absolute Gasteiger partial charge is 0.223 e. The van der Waals surface area contributed by atoms with E-state index in [1.54, 1.807) is 7.11 Å². The van der Waals surface area contributed by atoms with Gasteiger partial charge < -0.3 is 19.7 Å². The Morgan fingerprint density at radius 2 is 1.81 bits per heavy atom. The van der Waals surface area contributed by atoms with Gasteiger partial charge in [-0.3, -0.25) is 4.79 Å². The van der Waals surface area contributed by atoms with E-state index in [2.05, 4.69) is 74.3 Å². The Balaban J connectivity index is 1.53. The zero-order valence-electron chi connectivity index (χ0n) is 22.7. The van der Waals surface area contributed by atoms with Gasteiger partial charge in [0.05, 0.1) is 13.7 Å². The Morgan fingerprint density at radius 3 is 2.58 bits per heavy atom. The average molecular weight is 491 g/mol. The van der Waals surface area contributed by atoms with Crippen molar-refractivity contribution < 1.29 is 14.3 Å². The van der Waals surface area contributed by atoms with Gasteiger partial charge >= 0.3 is 0 Å². The molecule has 1 fully saturated rings. The molecule has 0 spiro atoms. The zero-order chi connectivity index (χ0) is 25.8. The van der Waals surface area contributed by atoms with Crippen molar-refractivity contribution in [2.45, 2.75) is 83.7 Å². The van der Waals surface area contributed by atoms with Crippen molar-refractivity contribution in [2.24, 2.45) is 0 Å². The molecule has 1 atom stereocenters. The van der Waals surface area contributed by atoms with Gasteiger partial charge in [0.1, 0.15) is 5.66 Å². The predicted molar refractivity (Wildman–Crippen MR) is 148 cm³/mol. The number of unbranched alkanes of at least 4 members (excludes halogenated alkanes) is 5. The number of amides is 1. The normalized spacial score (nSPS) is 20.2. The van der Waals surface area contributed by atoms with Crippen LogP contribution in [0.1, 0.15) is 82.4 Å². The molecule has 0 aliphatic carbocycles. The summed E-state index contributed by atoms with van der Waals surface area (Å²) in [6, 6.07) is 12.7. The van der Waals surface area contributed by atoms with Gasteiger partial charge in [0.15, 0.2) is 11.5 Å². The van der Waals surface area contributed by atoms with E-state index in [1.165, 1.54) is 48.9 Å². The summed E-state index contributed by atoms with van der Waals surface area (Å²) in [7, 11) is 1.68. The Hall–Kier alpha value is -2.95. The van der Waals surface area contributed by atoms with E-state index in [0.29, 0.717) is 19.6 Å². The van der Waals surface area contributed by atoms with Crippen LogP contribution in [-0.4, -0.2) is 31.8 Å². The minimum Gasteiger partial charge on any atom is -0.493 e. The van der Waals surface area contributed by atoms with Gasteiger partial charge in [-0.25, -0.2) is 0 Å². The fraction of sp³-hybridized carbons (Fsp3) is 0.516. The van der Waals surface area contributed by atoms with Gasteiger partial charge in [0.25, 0.3) is 0 Å². The molecule has 4 rings (SSSR count). The molecule has 2 aromatic carbocycles. The third-order valence-corrected chi connectivity index (χ3v) is 7.85. The van der Waals surface area contributed by atoms with Crippen LogP contribution in [0.4, 0.5) is 5.69 Å². The quantitative estimate of drug-likeness (QED) is 0.353. The van der Waals surface area contributed by atoms with Crippen LogP contribution in [0, 0.1) is 6.92 Å². The lowest BCUT2D eigenvalue weighted by molar-refractivity contribution is -0.124. The summed E-state index contributed by atoms with van der Waals surface area (Å²) in [5, 5.41) is 3.36. The summed E-state index contributed by atoms with van der Waals surface area (Å²) >= 11 is 0. The Bertz CT molecular complexity index is 1110. The molecule has 0 saturated carbocycles. The molecule has 194 valence electrons. The third kappa shape index (κ3) is 4.98. The first-order valence-electron chi connectivity index (χ1n) is 13.5. The first-order valence-corrected chi connectivity index (χ1v) is 13.5. The number of ether oxygens (including phenoxy) is 2. The number of hydrogen-bond donors (Lipinski definition) is 1. The molecule has 2 aliphatic heterocycles. The van der Waals surface area contributed by atoms with Crippen molar-refractivity contribution >= 4 is 17.7 Å². The molecule has 1 saturated heterocycles. The second-order valence-corrected chi connectivity index (χ2v) is 10.7. The first-order chi connectivity index (χ1) is 17.3. The largest absolute Gasteiger partial charge is 0.493 e. The maximum atomic E-state index is 12.7. The van der Waals surface area contributed by atoms with Crippen LogP contribution in [0.5, 0.6) is 11.5 Å². The molecule has 5 nitrogen and oxygen atoms in total. The number of carbonyl (C=O) groups is 1. The lowest BCUT2D eigenvalue weighted by Crippen LogP contribution is -2.68. The molecule has 5 heteroatoms. The highest BCUT2D eigenvalue weighted by molar-refractivity contribution is 5.84. The van der Waals surface area contributed by atoms with Gasteiger partial charge in [-0.1, -0.05) is 82.7 Å². The SMILES string of the molecule is CCCCCCCCOc1ccc(/C=C/[C@]23NC(=O)CCN2c2ccc(C)cc2C3(C)C)cc1OC. The molecule has 2 aromatic rings. The van der Waals surface area contributed by atoms with Crippen molar-refractivity contribution in [1.29, 1.82) is 0 Å². The highest BCUT2D eigenvalue weighted by atomic mass is 16.5. The third-order valence-electron chi connectivity index (χ3n) is 7.85. The molecule has 0 bridgehead atoms. The van der Waals surface area contributed by atoms with Crippen molar-refractivity contribution in [3.05, 3.63) is 59.2 Å². The number of anilines is 1. The molecule has 2 heterocycles. The molecule has 1 N–H and O–H groups in total.